The monoisotopic (exact) mass is 473 g/mol. The zero-order valence-corrected chi connectivity index (χ0v) is 16.4. The van der Waals surface area contributed by atoms with Gasteiger partial charge in [-0.25, -0.2) is 4.39 Å². The summed E-state index contributed by atoms with van der Waals surface area (Å²) in [6.07, 6.45) is -7.46. The highest BCUT2D eigenvalue weighted by atomic mass is 19.4. The summed E-state index contributed by atoms with van der Waals surface area (Å²) in [6, 6.07) is 6.16. The molecule has 1 aromatic carbocycles. The lowest BCUT2D eigenvalue weighted by Gasteiger charge is -2.20. The molecule has 3 aromatic rings. The number of alkyl halides is 6. The summed E-state index contributed by atoms with van der Waals surface area (Å²) >= 11 is 0. The predicted molar refractivity (Wildman–Crippen MR) is 102 cm³/mol. The number of benzene rings is 1. The van der Waals surface area contributed by atoms with Crippen molar-refractivity contribution in [2.24, 2.45) is 0 Å². The number of pyridine rings is 2. The first-order valence-electron chi connectivity index (χ1n) is 9.21. The van der Waals surface area contributed by atoms with E-state index in [0.717, 1.165) is 42.5 Å². The van der Waals surface area contributed by atoms with Crippen molar-refractivity contribution < 1.29 is 35.5 Å². The van der Waals surface area contributed by atoms with Crippen molar-refractivity contribution in [2.45, 2.75) is 24.9 Å². The van der Waals surface area contributed by atoms with Crippen molar-refractivity contribution in [3.05, 3.63) is 99.5 Å². The molecule has 33 heavy (non-hydrogen) atoms. The number of amides is 1. The molecule has 0 aliphatic carbocycles. The summed E-state index contributed by atoms with van der Waals surface area (Å²) in [5.41, 5.74) is -2.62. The molecule has 0 bridgehead atoms. The molecular formula is C21H14F7N3O2. The molecule has 0 fully saturated rings. The smallest absolute Gasteiger partial charge is 0.339 e. The number of aromatic nitrogens is 2. The Kier molecular flexibility index (Phi) is 6.56. The third-order valence-corrected chi connectivity index (χ3v) is 4.50. The van der Waals surface area contributed by atoms with Gasteiger partial charge in [-0.3, -0.25) is 14.6 Å². The molecule has 1 amide bonds. The molecule has 5 nitrogen and oxygen atoms in total. The van der Waals surface area contributed by atoms with Crippen molar-refractivity contribution in [1.29, 1.82) is 0 Å². The van der Waals surface area contributed by atoms with Crippen LogP contribution in [-0.4, -0.2) is 21.6 Å². The normalized spacial score (nSPS) is 12.9. The van der Waals surface area contributed by atoms with Gasteiger partial charge >= 0.3 is 12.4 Å². The van der Waals surface area contributed by atoms with Crippen LogP contribution in [0, 0.1) is 5.82 Å². The maximum absolute atomic E-state index is 14.4. The summed E-state index contributed by atoms with van der Waals surface area (Å²) < 4.78 is 91.3. The number of nitrogens with zero attached hydrogens (tertiary/aromatic N) is 2. The van der Waals surface area contributed by atoms with E-state index in [0.29, 0.717) is 6.20 Å². The van der Waals surface area contributed by atoms with Crippen molar-refractivity contribution >= 4 is 5.91 Å². The molecule has 1 atom stereocenters. The predicted octanol–water partition coefficient (Wildman–Crippen LogP) is 4.48. The first-order valence-corrected chi connectivity index (χ1v) is 9.21. The van der Waals surface area contributed by atoms with Gasteiger partial charge in [0.1, 0.15) is 18.1 Å². The molecule has 0 spiro atoms. The van der Waals surface area contributed by atoms with E-state index in [4.69, 9.17) is 0 Å². The fourth-order valence-electron chi connectivity index (χ4n) is 2.98. The highest BCUT2D eigenvalue weighted by molar-refractivity contribution is 5.94. The molecule has 0 aliphatic heterocycles. The zero-order valence-electron chi connectivity index (χ0n) is 16.4. The lowest BCUT2D eigenvalue weighted by Crippen LogP contribution is -2.33. The molecule has 2 aromatic heterocycles. The third-order valence-electron chi connectivity index (χ3n) is 4.50. The summed E-state index contributed by atoms with van der Waals surface area (Å²) in [5.74, 6) is -1.87. The number of halogens is 7. The number of hydrogen-bond acceptors (Lipinski definition) is 3. The number of hydrogen-bond donors (Lipinski definition) is 1. The molecule has 0 unspecified atom stereocenters. The van der Waals surface area contributed by atoms with Crippen LogP contribution in [0.5, 0.6) is 0 Å². The Morgan fingerprint density at radius 1 is 1.00 bits per heavy atom. The number of carbonyl (C=O) groups is 1. The van der Waals surface area contributed by atoms with E-state index < -0.39 is 47.8 Å². The summed E-state index contributed by atoms with van der Waals surface area (Å²) in [5, 5.41) is 2.36. The molecule has 1 N–H and O–H groups in total. The minimum absolute atomic E-state index is 0.0394. The van der Waals surface area contributed by atoms with Crippen LogP contribution in [0.2, 0.25) is 0 Å². The van der Waals surface area contributed by atoms with E-state index >= 15 is 0 Å². The zero-order chi connectivity index (χ0) is 24.4. The van der Waals surface area contributed by atoms with Crippen molar-refractivity contribution in [3.63, 3.8) is 0 Å². The quantitative estimate of drug-likeness (QED) is 0.556. The van der Waals surface area contributed by atoms with Crippen LogP contribution in [0.1, 0.15) is 33.2 Å². The van der Waals surface area contributed by atoms with E-state index in [2.05, 4.69) is 10.3 Å². The van der Waals surface area contributed by atoms with Gasteiger partial charge in [-0.1, -0.05) is 12.1 Å². The van der Waals surface area contributed by atoms with Crippen LogP contribution in [0.4, 0.5) is 30.7 Å². The van der Waals surface area contributed by atoms with Gasteiger partial charge in [0.15, 0.2) is 0 Å². The van der Waals surface area contributed by atoms with Crippen LogP contribution >= 0.6 is 0 Å². The summed E-state index contributed by atoms with van der Waals surface area (Å²) in [4.78, 5) is 28.2. The second-order valence-electron chi connectivity index (χ2n) is 6.90. The van der Waals surface area contributed by atoms with Gasteiger partial charge in [-0.15, -0.1) is 0 Å². The Morgan fingerprint density at radius 3 is 2.24 bits per heavy atom. The minimum atomic E-state index is -4.72. The highest BCUT2D eigenvalue weighted by Crippen LogP contribution is 2.31. The number of carbonyl (C=O) groups excluding carboxylic acids is 1. The van der Waals surface area contributed by atoms with Crippen LogP contribution in [0.15, 0.2) is 65.7 Å². The van der Waals surface area contributed by atoms with Gasteiger partial charge in [0.25, 0.3) is 11.5 Å². The van der Waals surface area contributed by atoms with Crippen molar-refractivity contribution in [1.82, 2.24) is 14.9 Å². The van der Waals surface area contributed by atoms with Gasteiger partial charge < -0.3 is 9.88 Å². The second kappa shape index (κ2) is 9.04. The number of nitrogens with one attached hydrogen (secondary N) is 1. The maximum atomic E-state index is 14.4. The van der Waals surface area contributed by atoms with E-state index in [1.165, 1.54) is 12.3 Å². The Morgan fingerprint density at radius 2 is 1.67 bits per heavy atom. The Bertz CT molecular complexity index is 1200. The molecule has 174 valence electrons. The second-order valence-corrected chi connectivity index (χ2v) is 6.90. The summed E-state index contributed by atoms with van der Waals surface area (Å²) in [7, 11) is 0. The largest absolute Gasteiger partial charge is 0.416 e. The van der Waals surface area contributed by atoms with Crippen molar-refractivity contribution in [3.8, 4) is 0 Å². The topological polar surface area (TPSA) is 64.0 Å². The van der Waals surface area contributed by atoms with E-state index in [-0.39, 0.29) is 21.4 Å². The van der Waals surface area contributed by atoms with Crippen LogP contribution in [0.25, 0.3) is 0 Å². The van der Waals surface area contributed by atoms with E-state index in [9.17, 15) is 40.3 Å². The van der Waals surface area contributed by atoms with Crippen LogP contribution in [0.3, 0.4) is 0 Å². The van der Waals surface area contributed by atoms with Gasteiger partial charge in [-0.2, -0.15) is 26.3 Å². The van der Waals surface area contributed by atoms with Gasteiger partial charge in [0, 0.05) is 18.5 Å². The average molecular weight is 473 g/mol. The average Bonchev–Trinajstić information content (AvgIpc) is 2.72. The Balaban J connectivity index is 1.98. The lowest BCUT2D eigenvalue weighted by atomic mass is 10.0. The first kappa shape index (κ1) is 24.0. The minimum Gasteiger partial charge on any atom is -0.339 e. The lowest BCUT2D eigenvalue weighted by molar-refractivity contribution is -0.141. The summed E-state index contributed by atoms with van der Waals surface area (Å²) in [6.45, 7) is -1.63. The molecule has 0 radical (unpaired) electrons. The van der Waals surface area contributed by atoms with Crippen LogP contribution < -0.4 is 10.9 Å². The fraction of sp³-hybridized carbons (Fsp3) is 0.190. The van der Waals surface area contributed by atoms with Gasteiger partial charge in [0.2, 0.25) is 0 Å². The van der Waals surface area contributed by atoms with E-state index in [1.807, 2.05) is 0 Å². The van der Waals surface area contributed by atoms with E-state index in [1.54, 1.807) is 0 Å². The molecule has 2 heterocycles. The molecule has 12 heteroatoms. The third kappa shape index (κ3) is 5.96. The molecule has 0 saturated carbocycles. The molecular weight excluding hydrogens is 459 g/mol. The Labute approximate surface area is 181 Å². The first-order chi connectivity index (χ1) is 15.3. The highest BCUT2D eigenvalue weighted by Gasteiger charge is 2.31. The standard InChI is InChI=1S/C21H14F7N3O2/c22-15-2-1-9-29-18(15)17(12-3-6-14(7-4-12)21(26,27)28)30-19(33)13-5-8-16(32)31(10-13)11-20(23,24)25/h1-10,17H,11H2,(H,30,33)/t17-/m0/s1. The van der Waals surface area contributed by atoms with Gasteiger partial charge in [-0.05, 0) is 35.9 Å². The SMILES string of the molecule is O=C(N[C@@H](c1ccc(C(F)(F)F)cc1)c1ncccc1F)c1ccc(=O)n(CC(F)(F)F)c1. The molecule has 0 saturated heterocycles. The molecule has 0 aliphatic rings. The molecule has 3 rings (SSSR count). The number of rotatable bonds is 5. The fourth-order valence-corrected chi connectivity index (χ4v) is 2.98. The van der Waals surface area contributed by atoms with Gasteiger partial charge in [0.05, 0.1) is 17.2 Å². The van der Waals surface area contributed by atoms with Crippen molar-refractivity contribution in [2.75, 3.05) is 0 Å². The Hall–Kier alpha value is -3.70. The maximum Gasteiger partial charge on any atom is 0.416 e. The van der Waals surface area contributed by atoms with Crippen LogP contribution in [-0.2, 0) is 12.7 Å².